The van der Waals surface area contributed by atoms with E-state index < -0.39 is 0 Å². The van der Waals surface area contributed by atoms with E-state index in [1.54, 1.807) is 7.11 Å². The van der Waals surface area contributed by atoms with E-state index in [1.165, 1.54) is 0 Å². The highest BCUT2D eigenvalue weighted by molar-refractivity contribution is 9.10. The Bertz CT molecular complexity index is 479. The first kappa shape index (κ1) is 16.1. The molecule has 6 heteroatoms. The van der Waals surface area contributed by atoms with Gasteiger partial charge in [-0.15, -0.1) is 12.4 Å². The number of methoxy groups -OCH3 is 1. The number of nitrogens with one attached hydrogen (secondary N) is 1. The average molecular weight is 351 g/mol. The molecule has 1 aliphatic heterocycles. The summed E-state index contributed by atoms with van der Waals surface area (Å²) in [5.74, 6) is 0.754. The van der Waals surface area contributed by atoms with Crippen LogP contribution < -0.4 is 10.1 Å². The number of ether oxygens (including phenoxy) is 2. The molecule has 1 fully saturated rings. The second-order valence-corrected chi connectivity index (χ2v) is 5.94. The van der Waals surface area contributed by atoms with Crippen LogP contribution in [0.1, 0.15) is 25.5 Å². The van der Waals surface area contributed by atoms with Gasteiger partial charge in [0.15, 0.2) is 0 Å². The Hall–Kier alpha value is -0.940. The van der Waals surface area contributed by atoms with E-state index in [0.29, 0.717) is 6.61 Å². The smallest absolute Gasteiger partial charge is 0.407 e. The summed E-state index contributed by atoms with van der Waals surface area (Å²) < 4.78 is 11.4. The highest BCUT2D eigenvalue weighted by atomic mass is 79.9. The van der Waals surface area contributed by atoms with Gasteiger partial charge in [0, 0.05) is 15.5 Å². The molecule has 1 heterocycles. The molecule has 1 amide bonds. The van der Waals surface area contributed by atoms with Crippen LogP contribution in [0, 0.1) is 5.41 Å². The predicted octanol–water partition coefficient (Wildman–Crippen LogP) is 3.69. The van der Waals surface area contributed by atoms with E-state index in [4.69, 9.17) is 9.47 Å². The van der Waals surface area contributed by atoms with Gasteiger partial charge in [-0.25, -0.2) is 4.79 Å². The lowest BCUT2D eigenvalue weighted by molar-refractivity contribution is 0.0381. The normalized spacial score (nSPS) is 20.8. The van der Waals surface area contributed by atoms with Gasteiger partial charge in [0.25, 0.3) is 0 Å². The molecule has 0 spiro atoms. The minimum Gasteiger partial charge on any atom is -0.496 e. The Kier molecular flexibility index (Phi) is 5.10. The Morgan fingerprint density at radius 2 is 2.16 bits per heavy atom. The number of alkyl carbamates (subject to hydrolysis) is 1. The molecule has 4 nitrogen and oxygen atoms in total. The molecule has 2 rings (SSSR count). The number of amides is 1. The number of halogens is 2. The van der Waals surface area contributed by atoms with Crippen LogP contribution in [0.4, 0.5) is 4.79 Å². The Morgan fingerprint density at radius 3 is 2.79 bits per heavy atom. The van der Waals surface area contributed by atoms with Gasteiger partial charge >= 0.3 is 6.09 Å². The standard InChI is InChI=1S/C13H16BrNO3.ClH/c1-13(2)7-18-12(16)15-11(13)9-5-4-8(14)6-10(9)17-3;/h4-6,11H,7H2,1-3H3,(H,15,16);1H/t11-;/m0./s1. The van der Waals surface area contributed by atoms with E-state index in [2.05, 4.69) is 35.1 Å². The Balaban J connectivity index is 0.00000180. The molecule has 19 heavy (non-hydrogen) atoms. The summed E-state index contributed by atoms with van der Waals surface area (Å²) >= 11 is 3.41. The molecule has 1 aromatic rings. The molecule has 0 radical (unpaired) electrons. The monoisotopic (exact) mass is 349 g/mol. The number of rotatable bonds is 2. The lowest BCUT2D eigenvalue weighted by atomic mass is 9.80. The SMILES string of the molecule is COc1cc(Br)ccc1[C@@H]1NC(=O)OCC1(C)C.Cl. The molecule has 0 aromatic heterocycles. The van der Waals surface area contributed by atoms with Crippen LogP contribution in [-0.4, -0.2) is 19.8 Å². The molecule has 1 atom stereocenters. The van der Waals surface area contributed by atoms with Gasteiger partial charge in [0.05, 0.1) is 13.2 Å². The van der Waals surface area contributed by atoms with Crippen molar-refractivity contribution < 1.29 is 14.3 Å². The number of benzene rings is 1. The maximum absolute atomic E-state index is 11.4. The van der Waals surface area contributed by atoms with Crippen molar-refractivity contribution in [2.24, 2.45) is 5.41 Å². The third-order valence-electron chi connectivity index (χ3n) is 3.13. The van der Waals surface area contributed by atoms with Crippen molar-refractivity contribution in [2.75, 3.05) is 13.7 Å². The summed E-state index contributed by atoms with van der Waals surface area (Å²) in [7, 11) is 1.62. The van der Waals surface area contributed by atoms with Gasteiger partial charge in [-0.3, -0.25) is 0 Å². The molecule has 0 saturated carbocycles. The van der Waals surface area contributed by atoms with Crippen molar-refractivity contribution in [1.82, 2.24) is 5.32 Å². The van der Waals surface area contributed by atoms with Crippen LogP contribution in [-0.2, 0) is 4.74 Å². The van der Waals surface area contributed by atoms with Gasteiger partial charge < -0.3 is 14.8 Å². The van der Waals surface area contributed by atoms with Gasteiger partial charge in [0.1, 0.15) is 12.4 Å². The van der Waals surface area contributed by atoms with Crippen LogP contribution in [0.3, 0.4) is 0 Å². The number of carbonyl (C=O) groups is 1. The Labute approximate surface area is 127 Å². The highest BCUT2D eigenvalue weighted by Gasteiger charge is 2.39. The number of hydrogen-bond donors (Lipinski definition) is 1. The average Bonchev–Trinajstić information content (AvgIpc) is 2.32. The van der Waals surface area contributed by atoms with Gasteiger partial charge in [-0.05, 0) is 12.1 Å². The first-order valence-electron chi connectivity index (χ1n) is 5.71. The van der Waals surface area contributed by atoms with Crippen LogP contribution in [0.5, 0.6) is 5.75 Å². The van der Waals surface area contributed by atoms with Gasteiger partial charge in [-0.1, -0.05) is 35.8 Å². The molecular weight excluding hydrogens is 334 g/mol. The summed E-state index contributed by atoms with van der Waals surface area (Å²) in [5, 5.41) is 2.86. The Morgan fingerprint density at radius 1 is 1.47 bits per heavy atom. The summed E-state index contributed by atoms with van der Waals surface area (Å²) in [6, 6.07) is 5.67. The van der Waals surface area contributed by atoms with Crippen LogP contribution >= 0.6 is 28.3 Å². The third kappa shape index (κ3) is 3.34. The second kappa shape index (κ2) is 6.01. The van der Waals surface area contributed by atoms with Crippen LogP contribution in [0.25, 0.3) is 0 Å². The predicted molar refractivity (Wildman–Crippen MR) is 78.9 cm³/mol. The maximum Gasteiger partial charge on any atom is 0.407 e. The number of carbonyl (C=O) groups excluding carboxylic acids is 1. The molecule has 0 aliphatic carbocycles. The quantitative estimate of drug-likeness (QED) is 0.885. The zero-order valence-electron chi connectivity index (χ0n) is 11.0. The lowest BCUT2D eigenvalue weighted by Gasteiger charge is -2.39. The second-order valence-electron chi connectivity index (χ2n) is 5.03. The molecule has 1 N–H and O–H groups in total. The molecule has 1 aliphatic rings. The van der Waals surface area contributed by atoms with Crippen molar-refractivity contribution in [3.63, 3.8) is 0 Å². The largest absolute Gasteiger partial charge is 0.496 e. The molecule has 0 bridgehead atoms. The fourth-order valence-electron chi connectivity index (χ4n) is 2.11. The molecule has 0 unspecified atom stereocenters. The topological polar surface area (TPSA) is 47.6 Å². The zero-order chi connectivity index (χ0) is 13.3. The number of hydrogen-bond acceptors (Lipinski definition) is 3. The maximum atomic E-state index is 11.4. The van der Waals surface area contributed by atoms with E-state index in [9.17, 15) is 4.79 Å². The van der Waals surface area contributed by atoms with Crippen LogP contribution in [0.15, 0.2) is 22.7 Å². The van der Waals surface area contributed by atoms with E-state index in [1.807, 2.05) is 18.2 Å². The molecule has 106 valence electrons. The number of cyclic esters (lactones) is 1. The van der Waals surface area contributed by atoms with Crippen molar-refractivity contribution in [2.45, 2.75) is 19.9 Å². The van der Waals surface area contributed by atoms with Crippen molar-refractivity contribution in [3.8, 4) is 5.75 Å². The van der Waals surface area contributed by atoms with Gasteiger partial charge in [0.2, 0.25) is 0 Å². The summed E-state index contributed by atoms with van der Waals surface area (Å²) in [4.78, 5) is 11.4. The van der Waals surface area contributed by atoms with E-state index in [-0.39, 0.29) is 30.0 Å². The summed E-state index contributed by atoms with van der Waals surface area (Å²) in [5.41, 5.74) is 0.775. The molecule has 1 saturated heterocycles. The van der Waals surface area contributed by atoms with Crippen LogP contribution in [0.2, 0.25) is 0 Å². The minimum absolute atomic E-state index is 0. The zero-order valence-corrected chi connectivity index (χ0v) is 13.4. The highest BCUT2D eigenvalue weighted by Crippen LogP contribution is 2.40. The fourth-order valence-corrected chi connectivity index (χ4v) is 2.45. The fraction of sp³-hybridized carbons (Fsp3) is 0.462. The first-order chi connectivity index (χ1) is 8.44. The first-order valence-corrected chi connectivity index (χ1v) is 6.50. The van der Waals surface area contributed by atoms with E-state index in [0.717, 1.165) is 15.8 Å². The van der Waals surface area contributed by atoms with E-state index >= 15 is 0 Å². The van der Waals surface area contributed by atoms with Gasteiger partial charge in [-0.2, -0.15) is 0 Å². The third-order valence-corrected chi connectivity index (χ3v) is 3.62. The van der Waals surface area contributed by atoms with Crippen molar-refractivity contribution in [1.29, 1.82) is 0 Å². The molecule has 1 aromatic carbocycles. The minimum atomic E-state index is -0.385. The molecular formula is C13H17BrClNO3. The lowest BCUT2D eigenvalue weighted by Crippen LogP contribution is -2.47. The van der Waals surface area contributed by atoms with Crippen molar-refractivity contribution >= 4 is 34.4 Å². The summed E-state index contributed by atoms with van der Waals surface area (Å²) in [6.07, 6.45) is -0.385. The summed E-state index contributed by atoms with van der Waals surface area (Å²) in [6.45, 7) is 4.50. The van der Waals surface area contributed by atoms with Crippen molar-refractivity contribution in [3.05, 3.63) is 28.2 Å².